The van der Waals surface area contributed by atoms with Gasteiger partial charge in [0.1, 0.15) is 11.2 Å². The van der Waals surface area contributed by atoms with Crippen LogP contribution in [0.4, 0.5) is 5.69 Å². The van der Waals surface area contributed by atoms with Gasteiger partial charge in [-0.1, -0.05) is 12.1 Å². The zero-order valence-corrected chi connectivity index (χ0v) is 9.58. The second kappa shape index (κ2) is 5.92. The van der Waals surface area contributed by atoms with E-state index in [1.54, 1.807) is 24.5 Å². The lowest BCUT2D eigenvalue weighted by Gasteiger charge is -1.98. The molecule has 0 spiro atoms. The number of hydrogen-bond acceptors (Lipinski definition) is 5. The van der Waals surface area contributed by atoms with Gasteiger partial charge in [-0.05, 0) is 18.2 Å². The molecule has 0 bridgehead atoms. The molecular weight excluding hydrogens is 242 g/mol. The van der Waals surface area contributed by atoms with E-state index < -0.39 is 10.1 Å². The lowest BCUT2D eigenvalue weighted by Crippen LogP contribution is -2.01. The fraction of sp³-hybridized carbons (Fsp3) is 0. The molecule has 0 fully saturated rings. The molecular formula is C10H11N3O3S. The topological polar surface area (TPSA) is 106 Å². The van der Waals surface area contributed by atoms with Gasteiger partial charge in [0, 0.05) is 12.4 Å². The van der Waals surface area contributed by atoms with Crippen LogP contribution in [-0.2, 0) is 10.1 Å². The molecule has 1 aromatic carbocycles. The maximum atomic E-state index is 10.5. The third-order valence-electron chi connectivity index (χ3n) is 1.67. The van der Waals surface area contributed by atoms with Gasteiger partial charge >= 0.3 is 0 Å². The summed E-state index contributed by atoms with van der Waals surface area (Å²) >= 11 is 0. The fourth-order valence-electron chi connectivity index (χ4n) is 0.969. The van der Waals surface area contributed by atoms with Crippen molar-refractivity contribution in [1.29, 1.82) is 0 Å². The van der Waals surface area contributed by atoms with Gasteiger partial charge in [0.05, 0.1) is 5.69 Å². The quantitative estimate of drug-likeness (QED) is 0.580. The number of benzene rings is 1. The number of anilines is 1. The van der Waals surface area contributed by atoms with Crippen LogP contribution < -0.4 is 5.73 Å². The standard InChI is InChI=1S/C6H7NO3S.C4H4N2/c7-5-3-1-2-4-6(5)11(8,9)10;1-2-5-4-6-3-1/h1-4H,7H2,(H,8,9,10);1-4H. The third kappa shape index (κ3) is 4.58. The molecule has 0 unspecified atom stereocenters. The number of nitrogens with zero attached hydrogens (tertiary/aromatic N) is 2. The van der Waals surface area contributed by atoms with Crippen LogP contribution in [0.3, 0.4) is 0 Å². The highest BCUT2D eigenvalue weighted by Crippen LogP contribution is 2.15. The normalized spacial score (nSPS) is 10.2. The molecule has 3 N–H and O–H groups in total. The zero-order chi connectivity index (χ0) is 12.7. The number of rotatable bonds is 1. The zero-order valence-electron chi connectivity index (χ0n) is 8.76. The molecule has 0 aliphatic rings. The monoisotopic (exact) mass is 253 g/mol. The molecule has 0 radical (unpaired) electrons. The Bertz CT molecular complexity index is 531. The molecule has 1 heterocycles. The second-order valence-corrected chi connectivity index (χ2v) is 4.31. The predicted octanol–water partition coefficient (Wildman–Crippen LogP) is 0.992. The highest BCUT2D eigenvalue weighted by atomic mass is 32.2. The molecule has 17 heavy (non-hydrogen) atoms. The van der Waals surface area contributed by atoms with E-state index in [9.17, 15) is 8.42 Å². The molecule has 1 aromatic heterocycles. The van der Waals surface area contributed by atoms with Crippen LogP contribution >= 0.6 is 0 Å². The Balaban J connectivity index is 0.000000202. The molecule has 0 amide bonds. The van der Waals surface area contributed by atoms with Crippen LogP contribution in [0.5, 0.6) is 0 Å². The molecule has 0 aliphatic heterocycles. The molecule has 90 valence electrons. The van der Waals surface area contributed by atoms with Crippen LogP contribution in [0.2, 0.25) is 0 Å². The van der Waals surface area contributed by atoms with Gasteiger partial charge < -0.3 is 5.73 Å². The van der Waals surface area contributed by atoms with E-state index in [-0.39, 0.29) is 10.6 Å². The highest BCUT2D eigenvalue weighted by Gasteiger charge is 2.11. The smallest absolute Gasteiger partial charge is 0.296 e. The Morgan fingerprint density at radius 1 is 1.06 bits per heavy atom. The number of nitrogen functional groups attached to an aromatic ring is 1. The Morgan fingerprint density at radius 2 is 1.65 bits per heavy atom. The molecule has 7 heteroatoms. The minimum absolute atomic E-state index is 0.0509. The lowest BCUT2D eigenvalue weighted by molar-refractivity contribution is 0.483. The number of hydrogen-bond donors (Lipinski definition) is 2. The van der Waals surface area contributed by atoms with E-state index in [1.807, 2.05) is 0 Å². The van der Waals surface area contributed by atoms with Crippen molar-refractivity contribution >= 4 is 15.8 Å². The van der Waals surface area contributed by atoms with Crippen LogP contribution in [0, 0.1) is 0 Å². The second-order valence-electron chi connectivity index (χ2n) is 2.92. The summed E-state index contributed by atoms with van der Waals surface area (Å²) in [6.45, 7) is 0. The van der Waals surface area contributed by atoms with E-state index in [1.165, 1.54) is 24.5 Å². The summed E-state index contributed by atoms with van der Waals surface area (Å²) in [5.74, 6) is 0. The first-order valence-electron chi connectivity index (χ1n) is 4.54. The number of para-hydroxylation sites is 1. The highest BCUT2D eigenvalue weighted by molar-refractivity contribution is 7.86. The molecule has 0 aliphatic carbocycles. The van der Waals surface area contributed by atoms with Crippen molar-refractivity contribution in [2.45, 2.75) is 4.90 Å². The largest absolute Gasteiger partial charge is 0.398 e. The van der Waals surface area contributed by atoms with E-state index in [4.69, 9.17) is 10.3 Å². The third-order valence-corrected chi connectivity index (χ3v) is 2.60. The average Bonchev–Trinajstić information content (AvgIpc) is 2.31. The summed E-state index contributed by atoms with van der Waals surface area (Å²) in [6.07, 6.45) is 4.88. The molecule has 2 rings (SSSR count). The van der Waals surface area contributed by atoms with Gasteiger partial charge in [0.2, 0.25) is 0 Å². The predicted molar refractivity (Wildman–Crippen MR) is 62.7 cm³/mol. The summed E-state index contributed by atoms with van der Waals surface area (Å²) < 4.78 is 29.6. The van der Waals surface area contributed by atoms with Crippen molar-refractivity contribution in [2.24, 2.45) is 0 Å². The van der Waals surface area contributed by atoms with Gasteiger partial charge in [-0.2, -0.15) is 8.42 Å². The van der Waals surface area contributed by atoms with E-state index in [0.717, 1.165) is 0 Å². The number of aromatic nitrogens is 2. The molecule has 0 saturated heterocycles. The SMILES string of the molecule is Nc1ccccc1S(=O)(=O)O.c1cncnc1. The van der Waals surface area contributed by atoms with Crippen molar-refractivity contribution in [3.05, 3.63) is 49.1 Å². The minimum atomic E-state index is -4.16. The summed E-state index contributed by atoms with van der Waals surface area (Å²) in [6, 6.07) is 7.50. The first-order valence-corrected chi connectivity index (χ1v) is 5.98. The Hall–Kier alpha value is -1.99. The van der Waals surface area contributed by atoms with Crippen LogP contribution in [0.15, 0.2) is 53.9 Å². The van der Waals surface area contributed by atoms with Crippen molar-refractivity contribution in [1.82, 2.24) is 9.97 Å². The van der Waals surface area contributed by atoms with Crippen molar-refractivity contribution in [3.8, 4) is 0 Å². The first-order chi connectivity index (χ1) is 8.02. The Morgan fingerprint density at radius 3 is 1.94 bits per heavy atom. The maximum absolute atomic E-state index is 10.5. The van der Waals surface area contributed by atoms with Gasteiger partial charge in [-0.15, -0.1) is 0 Å². The lowest BCUT2D eigenvalue weighted by atomic mass is 10.3. The van der Waals surface area contributed by atoms with Gasteiger partial charge in [0.15, 0.2) is 0 Å². The Kier molecular flexibility index (Phi) is 4.56. The van der Waals surface area contributed by atoms with Crippen LogP contribution in [-0.4, -0.2) is 22.9 Å². The first kappa shape index (κ1) is 13.1. The summed E-state index contributed by atoms with van der Waals surface area (Å²) in [5, 5.41) is 0. The van der Waals surface area contributed by atoms with Crippen molar-refractivity contribution in [2.75, 3.05) is 5.73 Å². The molecule has 6 nitrogen and oxygen atoms in total. The van der Waals surface area contributed by atoms with E-state index in [2.05, 4.69) is 9.97 Å². The summed E-state index contributed by atoms with van der Waals surface area (Å²) in [4.78, 5) is 7.10. The Labute approximate surface area is 98.9 Å². The van der Waals surface area contributed by atoms with Crippen LogP contribution in [0.25, 0.3) is 0 Å². The average molecular weight is 253 g/mol. The van der Waals surface area contributed by atoms with E-state index in [0.29, 0.717) is 0 Å². The molecule has 0 atom stereocenters. The summed E-state index contributed by atoms with van der Waals surface area (Å²) in [5.41, 5.74) is 5.32. The van der Waals surface area contributed by atoms with Crippen molar-refractivity contribution in [3.63, 3.8) is 0 Å². The van der Waals surface area contributed by atoms with Crippen LogP contribution in [0.1, 0.15) is 0 Å². The van der Waals surface area contributed by atoms with Gasteiger partial charge in [0.25, 0.3) is 10.1 Å². The molecule has 2 aromatic rings. The van der Waals surface area contributed by atoms with Crippen molar-refractivity contribution < 1.29 is 13.0 Å². The maximum Gasteiger partial charge on any atom is 0.296 e. The fourth-order valence-corrected chi connectivity index (χ4v) is 1.59. The number of nitrogens with two attached hydrogens (primary N) is 1. The minimum Gasteiger partial charge on any atom is -0.398 e. The summed E-state index contributed by atoms with van der Waals surface area (Å²) in [7, 11) is -4.16. The van der Waals surface area contributed by atoms with E-state index >= 15 is 0 Å². The molecule has 0 saturated carbocycles. The van der Waals surface area contributed by atoms with Gasteiger partial charge in [-0.3, -0.25) is 4.55 Å². The van der Waals surface area contributed by atoms with Gasteiger partial charge in [-0.25, -0.2) is 9.97 Å².